The highest BCUT2D eigenvalue weighted by molar-refractivity contribution is 9.12. The molecule has 0 heterocycles. The molecule has 0 unspecified atom stereocenters. The van der Waals surface area contributed by atoms with Gasteiger partial charge in [0, 0.05) is 77.4 Å². The van der Waals surface area contributed by atoms with Crippen LogP contribution in [0.3, 0.4) is 0 Å². The maximum Gasteiger partial charge on any atom is 0.0546 e. The van der Waals surface area contributed by atoms with Gasteiger partial charge >= 0.3 is 0 Å². The number of hydrogen-bond donors (Lipinski definition) is 0. The third-order valence-corrected chi connectivity index (χ3v) is 22.3. The van der Waals surface area contributed by atoms with Gasteiger partial charge in [0.25, 0.3) is 0 Å². The smallest absolute Gasteiger partial charge is 0.0546 e. The third-order valence-electron chi connectivity index (χ3n) is 19.5. The van der Waals surface area contributed by atoms with Gasteiger partial charge in [-0.25, -0.2) is 0 Å². The Morgan fingerprint density at radius 2 is 0.389 bits per heavy atom. The maximum absolute atomic E-state index is 3.88. The molecule has 0 radical (unpaired) electrons. The summed E-state index contributed by atoms with van der Waals surface area (Å²) in [6, 6.07) is 152. The summed E-state index contributed by atoms with van der Waals surface area (Å²) in [7, 11) is 0. The van der Waals surface area contributed by atoms with Gasteiger partial charge < -0.3 is 14.7 Å². The Labute approximate surface area is 711 Å². The van der Waals surface area contributed by atoms with E-state index in [1.807, 2.05) is 18.2 Å². The molecule has 0 aliphatic carbocycles. The van der Waals surface area contributed by atoms with Crippen LogP contribution in [0.25, 0.3) is 64.6 Å². The lowest BCUT2D eigenvalue weighted by Gasteiger charge is -2.30. The third kappa shape index (κ3) is 19.2. The minimum atomic E-state index is 0.978. The fraction of sp³-hybridized carbons (Fsp3) is 0.0192. The summed E-state index contributed by atoms with van der Waals surface area (Å²) in [5, 5.41) is 15.3. The molecule has 0 bridgehead atoms. The first kappa shape index (κ1) is 77.3. The van der Waals surface area contributed by atoms with Crippen LogP contribution in [-0.2, 0) is 12.8 Å². The van der Waals surface area contributed by atoms with Gasteiger partial charge in [0.05, 0.1) is 11.4 Å². The first-order valence-electron chi connectivity index (χ1n) is 37.3. The van der Waals surface area contributed by atoms with E-state index in [0.29, 0.717) is 0 Å². The number of rotatable bonds is 13. The zero-order chi connectivity index (χ0) is 77.2. The highest BCUT2D eigenvalue weighted by Gasteiger charge is 2.22. The Hall–Kier alpha value is -11.0. The van der Waals surface area contributed by atoms with Crippen molar-refractivity contribution in [3.05, 3.63) is 480 Å². The summed E-state index contributed by atoms with van der Waals surface area (Å²) < 4.78 is 6.30. The molecule has 113 heavy (non-hydrogen) atoms. The standard InChI is InChI=1S/C38H27BrN2.C26H17Br2N.C21H16.C13H12.C6H3Br3/c39-29-25-33(40(30-15-4-1-5-16-30)31-17-6-2-7-18-31)27-34(26-29)41(32-19-8-3-9-20-32)38-24-28-14-10-11-21-35(28)36-22-12-13-23-37(36)38;27-19-15-20(28)17-22(16-19)29(21-9-2-1-3-10-21)26-14-18-8-4-5-11-23(18)24-12-6-7-13-25(24)26;1-2-8-16(9-3-1)14-18-15-17-10-4-5-11-19(17)21-13-7-6-12-20(18)21;1-3-7-12(8-4-1)11-13-9-5-2-6-10-13;7-4-1-5(8)3-6(9)2-4/h1-27H;1-17H;1-13,15H,14H2;1-10H,11H2;1-3H. The van der Waals surface area contributed by atoms with Crippen LogP contribution in [0, 0.1) is 0 Å². The number of para-hydroxylation sites is 4. The highest BCUT2D eigenvalue weighted by atomic mass is 79.9. The van der Waals surface area contributed by atoms with E-state index in [4.69, 9.17) is 0 Å². The van der Waals surface area contributed by atoms with E-state index >= 15 is 0 Å². The zero-order valence-electron chi connectivity index (χ0n) is 61.5. The second-order valence-electron chi connectivity index (χ2n) is 27.2. The van der Waals surface area contributed by atoms with Crippen molar-refractivity contribution in [2.75, 3.05) is 14.7 Å². The zero-order valence-corrected chi connectivity index (χ0v) is 71.0. The van der Waals surface area contributed by atoms with Gasteiger partial charge in [0.2, 0.25) is 0 Å². The Morgan fingerprint density at radius 3 is 0.743 bits per heavy atom. The van der Waals surface area contributed by atoms with Gasteiger partial charge in [-0.2, -0.15) is 0 Å². The van der Waals surface area contributed by atoms with Crippen LogP contribution in [0.15, 0.2) is 458 Å². The van der Waals surface area contributed by atoms with E-state index in [1.165, 1.54) is 86.9 Å². The largest absolute Gasteiger partial charge is 0.310 e. The molecule has 0 atom stereocenters. The molecular weight excluding hydrogens is 1770 g/mol. The molecule has 19 rings (SSSR count). The predicted octanol–water partition coefficient (Wildman–Crippen LogP) is 33.5. The van der Waals surface area contributed by atoms with E-state index < -0.39 is 0 Å². The topological polar surface area (TPSA) is 9.72 Å². The van der Waals surface area contributed by atoms with Crippen LogP contribution < -0.4 is 14.7 Å². The summed E-state index contributed by atoms with van der Waals surface area (Å²) in [6.07, 6.45) is 2.01. The summed E-state index contributed by atoms with van der Waals surface area (Å²) >= 11 is 21.3. The molecule has 19 aromatic rings. The number of fused-ring (bicyclic) bond motifs is 9. The Kier molecular flexibility index (Phi) is 25.7. The molecule has 3 nitrogen and oxygen atoms in total. The normalized spacial score (nSPS) is 10.8. The molecule has 19 aromatic carbocycles. The lowest BCUT2D eigenvalue weighted by Crippen LogP contribution is -2.13. The summed E-state index contributed by atoms with van der Waals surface area (Å²) in [5.41, 5.74) is 15.5. The summed E-state index contributed by atoms with van der Waals surface area (Å²) in [5.74, 6) is 0. The van der Waals surface area contributed by atoms with Crippen molar-refractivity contribution in [1.29, 1.82) is 0 Å². The van der Waals surface area contributed by atoms with Crippen LogP contribution in [0.4, 0.5) is 51.2 Å². The monoisotopic (exact) mass is 1840 g/mol. The molecule has 0 aliphatic rings. The van der Waals surface area contributed by atoms with E-state index in [9.17, 15) is 0 Å². The SMILES string of the molecule is Brc1cc(Br)cc(Br)c1.Brc1cc(Br)cc(N(c2ccccc2)c2cc3ccccc3c3ccccc23)c1.Brc1cc(N(c2ccccc2)c2ccccc2)cc(N(c2ccccc2)c2cc3ccccc3c3ccccc23)c1.c1ccc(Cc2cc3ccccc3c3ccccc23)cc1.c1ccc(Cc2ccccc2)cc1. The van der Waals surface area contributed by atoms with Gasteiger partial charge in [-0.05, 0) is 204 Å². The quantitative estimate of drug-likeness (QED) is 0.107. The predicted molar refractivity (Wildman–Crippen MR) is 506 cm³/mol. The van der Waals surface area contributed by atoms with E-state index in [1.54, 1.807) is 0 Å². The minimum absolute atomic E-state index is 0.978. The number of nitrogens with zero attached hydrogens (tertiary/aromatic N) is 3. The van der Waals surface area contributed by atoms with Gasteiger partial charge in [-0.15, -0.1) is 0 Å². The molecule has 0 N–H and O–H groups in total. The van der Waals surface area contributed by atoms with Gasteiger partial charge in [0.15, 0.2) is 0 Å². The molecule has 0 amide bonds. The number of benzene rings is 19. The molecular formula is C104H75Br6N3. The van der Waals surface area contributed by atoms with Crippen LogP contribution in [0.2, 0.25) is 0 Å². The number of halogens is 6. The molecule has 0 saturated heterocycles. The fourth-order valence-corrected chi connectivity index (χ4v) is 18.7. The molecule has 548 valence electrons. The van der Waals surface area contributed by atoms with Crippen molar-refractivity contribution >= 4 is 211 Å². The van der Waals surface area contributed by atoms with Crippen molar-refractivity contribution in [2.24, 2.45) is 0 Å². The van der Waals surface area contributed by atoms with E-state index in [2.05, 4.69) is 523 Å². The molecule has 0 aliphatic heterocycles. The number of hydrogen-bond acceptors (Lipinski definition) is 3. The van der Waals surface area contributed by atoms with Crippen molar-refractivity contribution in [3.63, 3.8) is 0 Å². The van der Waals surface area contributed by atoms with E-state index in [0.717, 1.165) is 90.9 Å². The average Bonchev–Trinajstić information content (AvgIpc) is 0.759. The van der Waals surface area contributed by atoms with E-state index in [-0.39, 0.29) is 0 Å². The van der Waals surface area contributed by atoms with Gasteiger partial charge in [-0.1, -0.05) is 411 Å². The van der Waals surface area contributed by atoms with Crippen LogP contribution >= 0.6 is 95.6 Å². The first-order valence-corrected chi connectivity index (χ1v) is 42.1. The van der Waals surface area contributed by atoms with Crippen molar-refractivity contribution in [3.8, 4) is 0 Å². The molecule has 9 heteroatoms. The Bertz CT molecular complexity index is 6250. The number of anilines is 9. The van der Waals surface area contributed by atoms with Gasteiger partial charge in [0.1, 0.15) is 0 Å². The first-order chi connectivity index (χ1) is 55.5. The molecule has 0 aromatic heterocycles. The van der Waals surface area contributed by atoms with Gasteiger partial charge in [-0.3, -0.25) is 0 Å². The van der Waals surface area contributed by atoms with Crippen molar-refractivity contribution in [1.82, 2.24) is 0 Å². The summed E-state index contributed by atoms with van der Waals surface area (Å²) in [4.78, 5) is 7.00. The lowest BCUT2D eigenvalue weighted by molar-refractivity contribution is 1.19. The maximum atomic E-state index is 3.88. The molecule has 0 saturated carbocycles. The average molecular weight is 1850 g/mol. The van der Waals surface area contributed by atoms with Crippen molar-refractivity contribution < 1.29 is 0 Å². The Balaban J connectivity index is 0.000000122. The van der Waals surface area contributed by atoms with Crippen LogP contribution in [0.5, 0.6) is 0 Å². The molecule has 0 spiro atoms. The summed E-state index contributed by atoms with van der Waals surface area (Å²) in [6.45, 7) is 0. The second kappa shape index (κ2) is 37.6. The van der Waals surface area contributed by atoms with Crippen molar-refractivity contribution in [2.45, 2.75) is 12.8 Å². The molecule has 0 fully saturated rings. The second-order valence-corrected chi connectivity index (χ2v) is 32.7. The lowest BCUT2D eigenvalue weighted by atomic mass is 9.94. The fourth-order valence-electron chi connectivity index (χ4n) is 14.6. The Morgan fingerprint density at radius 1 is 0.159 bits per heavy atom. The van der Waals surface area contributed by atoms with Crippen LogP contribution in [-0.4, -0.2) is 0 Å². The minimum Gasteiger partial charge on any atom is -0.310 e. The highest BCUT2D eigenvalue weighted by Crippen LogP contribution is 2.47. The van der Waals surface area contributed by atoms with Crippen LogP contribution in [0.1, 0.15) is 22.3 Å².